The van der Waals surface area contributed by atoms with Crippen molar-refractivity contribution in [1.82, 2.24) is 4.57 Å². The van der Waals surface area contributed by atoms with Gasteiger partial charge in [0, 0.05) is 36.7 Å². The number of nitrogens with zero attached hydrogens (tertiary/aromatic N) is 1. The van der Waals surface area contributed by atoms with E-state index < -0.39 is 0 Å². The molecule has 3 nitrogen and oxygen atoms in total. The standard InChI is InChI=1S/C17H24N2O/c1-5-9-20-17-8-6-7-16(11-17)18-12-15-10-13(2)19(4)14(15)3/h6-8,10-11,18H,5,9,12H2,1-4H3. The Morgan fingerprint density at radius 1 is 1.20 bits per heavy atom. The number of rotatable bonds is 6. The molecule has 0 saturated carbocycles. The van der Waals surface area contributed by atoms with Gasteiger partial charge in [-0.3, -0.25) is 0 Å². The fourth-order valence-corrected chi connectivity index (χ4v) is 2.23. The summed E-state index contributed by atoms with van der Waals surface area (Å²) in [4.78, 5) is 0. The molecule has 1 aromatic carbocycles. The molecule has 0 amide bonds. The zero-order chi connectivity index (χ0) is 14.5. The second-order valence-electron chi connectivity index (χ2n) is 5.19. The van der Waals surface area contributed by atoms with Gasteiger partial charge in [0.1, 0.15) is 5.75 Å². The SMILES string of the molecule is CCCOc1cccc(NCc2cc(C)n(C)c2C)c1. The van der Waals surface area contributed by atoms with Gasteiger partial charge < -0.3 is 14.6 Å². The van der Waals surface area contributed by atoms with E-state index in [1.807, 2.05) is 12.1 Å². The first-order valence-corrected chi connectivity index (χ1v) is 7.20. The summed E-state index contributed by atoms with van der Waals surface area (Å²) in [5.74, 6) is 0.929. The molecule has 108 valence electrons. The van der Waals surface area contributed by atoms with Crippen LogP contribution in [0.15, 0.2) is 30.3 Å². The van der Waals surface area contributed by atoms with Gasteiger partial charge in [0.25, 0.3) is 0 Å². The molecule has 0 atom stereocenters. The van der Waals surface area contributed by atoms with Gasteiger partial charge in [0.2, 0.25) is 0 Å². The third-order valence-corrected chi connectivity index (χ3v) is 3.67. The smallest absolute Gasteiger partial charge is 0.121 e. The molecule has 20 heavy (non-hydrogen) atoms. The van der Waals surface area contributed by atoms with Crippen LogP contribution < -0.4 is 10.1 Å². The van der Waals surface area contributed by atoms with Crippen molar-refractivity contribution in [2.75, 3.05) is 11.9 Å². The quantitative estimate of drug-likeness (QED) is 0.859. The Morgan fingerprint density at radius 2 is 2.00 bits per heavy atom. The molecule has 2 aromatic rings. The van der Waals surface area contributed by atoms with Gasteiger partial charge in [-0.25, -0.2) is 0 Å². The molecule has 0 radical (unpaired) electrons. The van der Waals surface area contributed by atoms with Crippen molar-refractivity contribution in [3.8, 4) is 5.75 Å². The second kappa shape index (κ2) is 6.51. The largest absolute Gasteiger partial charge is 0.494 e. The van der Waals surface area contributed by atoms with Crippen LogP contribution in [0.2, 0.25) is 0 Å². The maximum absolute atomic E-state index is 5.65. The number of aromatic nitrogens is 1. The van der Waals surface area contributed by atoms with Crippen molar-refractivity contribution >= 4 is 5.69 Å². The lowest BCUT2D eigenvalue weighted by molar-refractivity contribution is 0.317. The Balaban J connectivity index is 2.01. The predicted molar refractivity (Wildman–Crippen MR) is 84.4 cm³/mol. The molecular formula is C17H24N2O. The van der Waals surface area contributed by atoms with Crippen LogP contribution in [-0.2, 0) is 13.6 Å². The van der Waals surface area contributed by atoms with Crippen molar-refractivity contribution in [3.05, 3.63) is 47.3 Å². The van der Waals surface area contributed by atoms with E-state index in [0.29, 0.717) is 0 Å². The number of anilines is 1. The van der Waals surface area contributed by atoms with E-state index >= 15 is 0 Å². The number of hydrogen-bond donors (Lipinski definition) is 1. The summed E-state index contributed by atoms with van der Waals surface area (Å²) < 4.78 is 7.87. The first kappa shape index (κ1) is 14.5. The number of benzene rings is 1. The number of hydrogen-bond acceptors (Lipinski definition) is 2. The monoisotopic (exact) mass is 272 g/mol. The normalized spacial score (nSPS) is 10.6. The van der Waals surface area contributed by atoms with Crippen LogP contribution in [0, 0.1) is 13.8 Å². The topological polar surface area (TPSA) is 26.2 Å². The van der Waals surface area contributed by atoms with Crippen molar-refractivity contribution in [2.24, 2.45) is 7.05 Å². The fraction of sp³-hybridized carbons (Fsp3) is 0.412. The Morgan fingerprint density at radius 3 is 2.65 bits per heavy atom. The third-order valence-electron chi connectivity index (χ3n) is 3.67. The number of aryl methyl sites for hydroxylation is 1. The van der Waals surface area contributed by atoms with Gasteiger partial charge >= 0.3 is 0 Å². The molecule has 0 saturated heterocycles. The summed E-state index contributed by atoms with van der Waals surface area (Å²) in [6.45, 7) is 8.01. The van der Waals surface area contributed by atoms with E-state index in [9.17, 15) is 0 Å². The minimum atomic E-state index is 0.764. The van der Waals surface area contributed by atoms with E-state index in [2.05, 4.69) is 55.9 Å². The number of ether oxygens (including phenoxy) is 1. The molecule has 1 N–H and O–H groups in total. The Hall–Kier alpha value is -1.90. The average Bonchev–Trinajstić information content (AvgIpc) is 2.71. The fourth-order valence-electron chi connectivity index (χ4n) is 2.23. The van der Waals surface area contributed by atoms with E-state index in [4.69, 9.17) is 4.74 Å². The summed E-state index contributed by atoms with van der Waals surface area (Å²) in [6, 6.07) is 10.4. The molecule has 0 bridgehead atoms. The van der Waals surface area contributed by atoms with E-state index in [0.717, 1.165) is 31.0 Å². The molecule has 0 aliphatic carbocycles. The zero-order valence-corrected chi connectivity index (χ0v) is 12.9. The highest BCUT2D eigenvalue weighted by molar-refractivity contribution is 5.49. The third kappa shape index (κ3) is 3.35. The van der Waals surface area contributed by atoms with E-state index in [-0.39, 0.29) is 0 Å². The van der Waals surface area contributed by atoms with Gasteiger partial charge in [0.05, 0.1) is 6.61 Å². The lowest BCUT2D eigenvalue weighted by atomic mass is 10.2. The van der Waals surface area contributed by atoms with Crippen molar-refractivity contribution in [2.45, 2.75) is 33.7 Å². The van der Waals surface area contributed by atoms with Crippen LogP contribution in [0.1, 0.15) is 30.3 Å². The van der Waals surface area contributed by atoms with E-state index in [1.54, 1.807) is 0 Å². The average molecular weight is 272 g/mol. The summed E-state index contributed by atoms with van der Waals surface area (Å²) in [6.07, 6.45) is 1.03. The summed E-state index contributed by atoms with van der Waals surface area (Å²) >= 11 is 0. The number of nitrogens with one attached hydrogen (secondary N) is 1. The first-order valence-electron chi connectivity index (χ1n) is 7.20. The van der Waals surface area contributed by atoms with Gasteiger partial charge in [-0.15, -0.1) is 0 Å². The Kier molecular flexibility index (Phi) is 4.72. The van der Waals surface area contributed by atoms with Gasteiger partial charge in [-0.2, -0.15) is 0 Å². The molecule has 3 heteroatoms. The summed E-state index contributed by atoms with van der Waals surface area (Å²) in [5, 5.41) is 3.47. The van der Waals surface area contributed by atoms with Gasteiger partial charge in [0.15, 0.2) is 0 Å². The second-order valence-corrected chi connectivity index (χ2v) is 5.19. The van der Waals surface area contributed by atoms with Crippen molar-refractivity contribution < 1.29 is 4.74 Å². The van der Waals surface area contributed by atoms with Crippen molar-refractivity contribution in [1.29, 1.82) is 0 Å². The van der Waals surface area contributed by atoms with Crippen molar-refractivity contribution in [3.63, 3.8) is 0 Å². The Bertz CT molecular complexity index is 572. The molecular weight excluding hydrogens is 248 g/mol. The van der Waals surface area contributed by atoms with E-state index in [1.165, 1.54) is 17.0 Å². The molecule has 0 spiro atoms. The highest BCUT2D eigenvalue weighted by Gasteiger charge is 2.05. The predicted octanol–water partition coefficient (Wildman–Crippen LogP) is 4.04. The first-order chi connectivity index (χ1) is 9.61. The summed E-state index contributed by atoms with van der Waals surface area (Å²) in [7, 11) is 2.10. The molecule has 1 aromatic heterocycles. The van der Waals surface area contributed by atoms with Crippen LogP contribution in [-0.4, -0.2) is 11.2 Å². The molecule has 0 aliphatic heterocycles. The van der Waals surface area contributed by atoms with Gasteiger partial charge in [-0.05, 0) is 44.0 Å². The highest BCUT2D eigenvalue weighted by atomic mass is 16.5. The van der Waals surface area contributed by atoms with Crippen LogP contribution in [0.25, 0.3) is 0 Å². The van der Waals surface area contributed by atoms with Crippen LogP contribution in [0.5, 0.6) is 5.75 Å². The zero-order valence-electron chi connectivity index (χ0n) is 12.9. The minimum Gasteiger partial charge on any atom is -0.494 e. The van der Waals surface area contributed by atoms with Gasteiger partial charge in [-0.1, -0.05) is 13.0 Å². The van der Waals surface area contributed by atoms with Crippen LogP contribution in [0.4, 0.5) is 5.69 Å². The maximum atomic E-state index is 5.65. The molecule has 0 aliphatic rings. The lowest BCUT2D eigenvalue weighted by Gasteiger charge is -2.09. The minimum absolute atomic E-state index is 0.764. The van der Waals surface area contributed by atoms with Crippen LogP contribution in [0.3, 0.4) is 0 Å². The highest BCUT2D eigenvalue weighted by Crippen LogP contribution is 2.20. The maximum Gasteiger partial charge on any atom is 0.121 e. The lowest BCUT2D eigenvalue weighted by Crippen LogP contribution is -2.02. The van der Waals surface area contributed by atoms with Crippen LogP contribution >= 0.6 is 0 Å². The molecule has 0 unspecified atom stereocenters. The molecule has 2 rings (SSSR count). The molecule has 0 fully saturated rings. The Labute approximate surface area is 121 Å². The summed E-state index contributed by atoms with van der Waals surface area (Å²) in [5.41, 5.74) is 5.04. The molecule has 1 heterocycles.